The monoisotopic (exact) mass is 379 g/mol. The van der Waals surface area contributed by atoms with E-state index >= 15 is 0 Å². The molecule has 0 aliphatic carbocycles. The molecular formula is C18H25N3O4S. The molecular weight excluding hydrogens is 354 g/mol. The smallest absolute Gasteiger partial charge is 0.322 e. The van der Waals surface area contributed by atoms with Crippen molar-refractivity contribution >= 4 is 21.7 Å². The SMILES string of the molecule is CCc1ccc(NC(=O)N2C[C@H]3C[C@H]4[C@](C2)(CN(CC)S4(=O)=O)O3)cc1. The highest BCUT2D eigenvalue weighted by Gasteiger charge is 2.65. The molecule has 1 N–H and O–H groups in total. The predicted molar refractivity (Wildman–Crippen MR) is 98.6 cm³/mol. The minimum Gasteiger partial charge on any atom is -0.365 e. The number of likely N-dealkylation sites (N-methyl/N-ethyl adjacent to an activating group) is 1. The van der Waals surface area contributed by atoms with Gasteiger partial charge in [0.25, 0.3) is 0 Å². The summed E-state index contributed by atoms with van der Waals surface area (Å²) in [6, 6.07) is 7.58. The van der Waals surface area contributed by atoms with Crippen LogP contribution in [0.15, 0.2) is 24.3 Å². The van der Waals surface area contributed by atoms with E-state index in [0.29, 0.717) is 32.6 Å². The molecule has 3 saturated heterocycles. The first kappa shape index (κ1) is 17.8. The zero-order chi connectivity index (χ0) is 18.5. The van der Waals surface area contributed by atoms with Crippen LogP contribution in [0.1, 0.15) is 25.8 Å². The van der Waals surface area contributed by atoms with Gasteiger partial charge in [-0.05, 0) is 30.5 Å². The first-order valence-electron chi connectivity index (χ1n) is 9.19. The van der Waals surface area contributed by atoms with E-state index in [9.17, 15) is 13.2 Å². The Morgan fingerprint density at radius 1 is 1.27 bits per heavy atom. The highest BCUT2D eigenvalue weighted by atomic mass is 32.2. The van der Waals surface area contributed by atoms with Crippen molar-refractivity contribution in [1.82, 2.24) is 9.21 Å². The Bertz CT molecular complexity index is 810. The van der Waals surface area contributed by atoms with Crippen LogP contribution in [0.25, 0.3) is 0 Å². The molecule has 7 nitrogen and oxygen atoms in total. The largest absolute Gasteiger partial charge is 0.365 e. The van der Waals surface area contributed by atoms with Gasteiger partial charge in [0.15, 0.2) is 0 Å². The van der Waals surface area contributed by atoms with E-state index in [-0.39, 0.29) is 12.1 Å². The molecule has 2 amide bonds. The van der Waals surface area contributed by atoms with Crippen molar-refractivity contribution in [3.8, 4) is 0 Å². The van der Waals surface area contributed by atoms with Crippen LogP contribution in [0, 0.1) is 0 Å². The molecule has 8 heteroatoms. The van der Waals surface area contributed by atoms with Gasteiger partial charge < -0.3 is 15.0 Å². The van der Waals surface area contributed by atoms with Crippen molar-refractivity contribution in [3.63, 3.8) is 0 Å². The first-order chi connectivity index (χ1) is 12.4. The summed E-state index contributed by atoms with van der Waals surface area (Å²) in [5.41, 5.74) is 1.17. The number of rotatable bonds is 3. The zero-order valence-corrected chi connectivity index (χ0v) is 16.0. The lowest BCUT2D eigenvalue weighted by Crippen LogP contribution is -2.57. The lowest BCUT2D eigenvalue weighted by molar-refractivity contribution is -0.0940. The van der Waals surface area contributed by atoms with Crippen LogP contribution in [0.3, 0.4) is 0 Å². The van der Waals surface area contributed by atoms with Crippen LogP contribution in [0.4, 0.5) is 10.5 Å². The fraction of sp³-hybridized carbons (Fsp3) is 0.611. The molecule has 0 aromatic heterocycles. The molecule has 142 valence electrons. The van der Waals surface area contributed by atoms with Gasteiger partial charge in [0, 0.05) is 25.3 Å². The van der Waals surface area contributed by atoms with Crippen molar-refractivity contribution < 1.29 is 17.9 Å². The fourth-order valence-corrected chi connectivity index (χ4v) is 6.74. The average Bonchev–Trinajstić information content (AvgIpc) is 3.00. The van der Waals surface area contributed by atoms with Gasteiger partial charge >= 0.3 is 6.03 Å². The third-order valence-corrected chi connectivity index (χ3v) is 8.21. The van der Waals surface area contributed by atoms with Gasteiger partial charge in [-0.15, -0.1) is 0 Å². The lowest BCUT2D eigenvalue weighted by atomic mass is 9.99. The van der Waals surface area contributed by atoms with Gasteiger partial charge in [-0.1, -0.05) is 26.0 Å². The second-order valence-corrected chi connectivity index (χ2v) is 9.48. The van der Waals surface area contributed by atoms with Crippen LogP contribution in [0.2, 0.25) is 0 Å². The van der Waals surface area contributed by atoms with Crippen LogP contribution in [0.5, 0.6) is 0 Å². The second-order valence-electron chi connectivity index (χ2n) is 7.36. The molecule has 0 radical (unpaired) electrons. The number of fused-ring (bicyclic) bond motifs is 1. The molecule has 26 heavy (non-hydrogen) atoms. The number of benzene rings is 1. The standard InChI is InChI=1S/C18H25N3O4S/c1-3-13-5-7-14(8-6-13)19-17(22)20-10-15-9-16-18(11-20,25-15)12-21(4-2)26(16,23)24/h5-8,15-16H,3-4,9-12H2,1-2H3,(H,19,22)/t15-,16+,18+/m1/s1. The van der Waals surface area contributed by atoms with Crippen LogP contribution in [-0.2, 0) is 21.2 Å². The lowest BCUT2D eigenvalue weighted by Gasteiger charge is -2.39. The molecule has 1 aromatic rings. The quantitative estimate of drug-likeness (QED) is 0.866. The van der Waals surface area contributed by atoms with Gasteiger partial charge in [-0.3, -0.25) is 0 Å². The molecule has 3 aliphatic heterocycles. The van der Waals surface area contributed by atoms with Crippen molar-refractivity contribution in [3.05, 3.63) is 29.8 Å². The van der Waals surface area contributed by atoms with Crippen LogP contribution >= 0.6 is 0 Å². The Kier molecular flexibility index (Phi) is 4.24. The third-order valence-electron chi connectivity index (χ3n) is 5.76. The number of anilines is 1. The molecule has 4 rings (SSSR count). The maximum atomic E-state index is 12.7. The normalized spacial score (nSPS) is 32.5. The summed E-state index contributed by atoms with van der Waals surface area (Å²) in [5.74, 6) is 0. The molecule has 0 unspecified atom stereocenters. The Labute approximate surface area is 154 Å². The van der Waals surface area contributed by atoms with E-state index in [0.717, 1.165) is 12.1 Å². The first-order valence-corrected chi connectivity index (χ1v) is 10.7. The number of sulfonamides is 1. The Hall–Kier alpha value is -1.64. The molecule has 3 heterocycles. The molecule has 2 bridgehead atoms. The number of carbonyl (C=O) groups is 1. The number of morpholine rings is 1. The number of urea groups is 1. The number of hydrogen-bond donors (Lipinski definition) is 1. The topological polar surface area (TPSA) is 79.0 Å². The summed E-state index contributed by atoms with van der Waals surface area (Å²) in [5, 5.41) is 2.38. The summed E-state index contributed by atoms with van der Waals surface area (Å²) < 4.78 is 33.0. The van der Waals surface area contributed by atoms with E-state index < -0.39 is 20.9 Å². The molecule has 1 spiro atoms. The van der Waals surface area contributed by atoms with Gasteiger partial charge in [-0.25, -0.2) is 13.2 Å². The fourth-order valence-electron chi connectivity index (χ4n) is 4.42. The summed E-state index contributed by atoms with van der Waals surface area (Å²) in [6.07, 6.45) is 1.20. The predicted octanol–water partition coefficient (Wildman–Crippen LogP) is 1.66. The van der Waals surface area contributed by atoms with Crippen LogP contribution in [-0.4, -0.2) is 66.8 Å². The molecule has 0 saturated carbocycles. The maximum absolute atomic E-state index is 12.7. The third kappa shape index (κ3) is 2.71. The minimum atomic E-state index is -3.34. The van der Waals surface area contributed by atoms with Crippen molar-refractivity contribution in [2.45, 2.75) is 43.6 Å². The number of nitrogens with one attached hydrogen (secondary N) is 1. The number of ether oxygens (including phenoxy) is 1. The summed E-state index contributed by atoms with van der Waals surface area (Å²) >= 11 is 0. The molecule has 3 aliphatic rings. The van der Waals surface area contributed by atoms with Crippen molar-refractivity contribution in [2.75, 3.05) is 31.5 Å². The second kappa shape index (κ2) is 6.21. The number of nitrogens with zero attached hydrogens (tertiary/aromatic N) is 2. The Balaban J connectivity index is 1.51. The van der Waals surface area contributed by atoms with E-state index in [1.807, 2.05) is 31.2 Å². The van der Waals surface area contributed by atoms with Gasteiger partial charge in [0.2, 0.25) is 10.0 Å². The summed E-state index contributed by atoms with van der Waals surface area (Å²) in [6.45, 7) is 5.43. The summed E-state index contributed by atoms with van der Waals surface area (Å²) in [4.78, 5) is 14.4. The number of likely N-dealkylation sites (tertiary alicyclic amines) is 1. The number of amides is 2. The molecule has 3 fully saturated rings. The number of carbonyl (C=O) groups excluding carboxylic acids is 1. The van der Waals surface area contributed by atoms with Crippen molar-refractivity contribution in [1.29, 1.82) is 0 Å². The highest BCUT2D eigenvalue weighted by Crippen LogP contribution is 2.46. The molecule has 3 atom stereocenters. The molecule has 1 aromatic carbocycles. The Morgan fingerprint density at radius 3 is 2.65 bits per heavy atom. The maximum Gasteiger partial charge on any atom is 0.322 e. The van der Waals surface area contributed by atoms with E-state index in [4.69, 9.17) is 4.74 Å². The Morgan fingerprint density at radius 2 is 2.00 bits per heavy atom. The van der Waals surface area contributed by atoms with E-state index in [2.05, 4.69) is 12.2 Å². The van der Waals surface area contributed by atoms with E-state index in [1.165, 1.54) is 9.87 Å². The van der Waals surface area contributed by atoms with Gasteiger partial charge in [0.05, 0.1) is 12.6 Å². The van der Waals surface area contributed by atoms with Gasteiger partial charge in [-0.2, -0.15) is 4.31 Å². The minimum absolute atomic E-state index is 0.199. The average molecular weight is 379 g/mol. The van der Waals surface area contributed by atoms with Crippen LogP contribution < -0.4 is 5.32 Å². The highest BCUT2D eigenvalue weighted by molar-refractivity contribution is 7.90. The van der Waals surface area contributed by atoms with Crippen molar-refractivity contribution in [2.24, 2.45) is 0 Å². The number of aryl methyl sites for hydroxylation is 1. The van der Waals surface area contributed by atoms with Gasteiger partial charge in [0.1, 0.15) is 10.9 Å². The number of hydrogen-bond acceptors (Lipinski definition) is 4. The summed E-state index contributed by atoms with van der Waals surface area (Å²) in [7, 11) is -3.34. The van der Waals surface area contributed by atoms with E-state index in [1.54, 1.807) is 4.90 Å². The zero-order valence-electron chi connectivity index (χ0n) is 15.1.